The van der Waals surface area contributed by atoms with E-state index in [4.69, 9.17) is 0 Å². The number of hydrogen-bond donors (Lipinski definition) is 2. The molecule has 0 aliphatic heterocycles. The van der Waals surface area contributed by atoms with Gasteiger partial charge in [-0.25, -0.2) is 0 Å². The Morgan fingerprint density at radius 1 is 0.905 bits per heavy atom. The molecule has 4 nitrogen and oxygen atoms in total. The fourth-order valence-corrected chi connectivity index (χ4v) is 11.2. The van der Waals surface area contributed by atoms with Gasteiger partial charge in [-0.05, 0) is 135 Å². The lowest BCUT2D eigenvalue weighted by Crippen LogP contribution is -2.62. The van der Waals surface area contributed by atoms with Gasteiger partial charge in [0.05, 0.1) is 5.60 Å². The molecule has 0 radical (unpaired) electrons. The molecule has 4 saturated carbocycles. The van der Waals surface area contributed by atoms with Crippen LogP contribution in [0.1, 0.15) is 90.5 Å². The van der Waals surface area contributed by atoms with Gasteiger partial charge in [0.2, 0.25) is 0 Å². The van der Waals surface area contributed by atoms with Gasteiger partial charge >= 0.3 is 5.97 Å². The Hall–Kier alpha value is -2.17. The van der Waals surface area contributed by atoms with Gasteiger partial charge in [-0.15, -0.1) is 0 Å². The molecule has 6 rings (SSSR count). The molecule has 2 aromatic rings. The van der Waals surface area contributed by atoms with Gasteiger partial charge in [-0.2, -0.15) is 0 Å². The van der Waals surface area contributed by atoms with Crippen molar-refractivity contribution in [2.75, 3.05) is 14.1 Å². The van der Waals surface area contributed by atoms with Crippen molar-refractivity contribution < 1.29 is 15.0 Å². The van der Waals surface area contributed by atoms with Crippen molar-refractivity contribution in [1.29, 1.82) is 0 Å². The van der Waals surface area contributed by atoms with Crippen molar-refractivity contribution >= 4 is 5.97 Å². The van der Waals surface area contributed by atoms with E-state index in [1.165, 1.54) is 43.2 Å². The summed E-state index contributed by atoms with van der Waals surface area (Å²) in [5, 5.41) is 21.5. The number of nitrogens with zero attached hydrogens (tertiary/aromatic N) is 1. The van der Waals surface area contributed by atoms with Crippen LogP contribution in [-0.4, -0.2) is 41.2 Å². The first-order valence-electron chi connectivity index (χ1n) is 16.7. The molecule has 0 spiro atoms. The minimum Gasteiger partial charge on any atom is -0.481 e. The van der Waals surface area contributed by atoms with E-state index in [-0.39, 0.29) is 5.41 Å². The molecule has 0 saturated heterocycles. The monoisotopic (exact) mass is 571 g/mol. The molecule has 42 heavy (non-hydrogen) atoms. The first-order chi connectivity index (χ1) is 20.0. The zero-order valence-electron chi connectivity index (χ0n) is 26.6. The molecule has 0 heterocycles. The van der Waals surface area contributed by atoms with Gasteiger partial charge < -0.3 is 15.1 Å². The van der Waals surface area contributed by atoms with Crippen LogP contribution < -0.4 is 0 Å². The fourth-order valence-electron chi connectivity index (χ4n) is 11.2. The molecule has 4 aliphatic carbocycles. The SMILES string of the molecule is C[C@H](CCC(=O)O)[C@H]1CC[C@H]2[C@@H]3[C@H](N(C)C)C[C@@H]4C[C@](O)(c5ccc(-c6ccccc6)cc5)CC[C@]4(C)[C@H]3CC[C@]12C. The molecule has 0 bridgehead atoms. The molecule has 228 valence electrons. The summed E-state index contributed by atoms with van der Waals surface area (Å²) in [6, 6.07) is 19.8. The normalized spacial score (nSPS) is 40.2. The predicted octanol–water partition coefficient (Wildman–Crippen LogP) is 8.24. The number of carbonyl (C=O) groups is 1. The lowest BCUT2D eigenvalue weighted by atomic mass is 9.42. The second-order valence-corrected chi connectivity index (χ2v) is 15.6. The number of carboxylic acids is 1. The fraction of sp³-hybridized carbons (Fsp3) is 0.658. The number of rotatable bonds is 7. The summed E-state index contributed by atoms with van der Waals surface area (Å²) in [5.74, 6) is 3.04. The third kappa shape index (κ3) is 4.95. The first kappa shape index (κ1) is 29.9. The Kier molecular flexibility index (Phi) is 7.88. The topological polar surface area (TPSA) is 60.8 Å². The van der Waals surface area contributed by atoms with Gasteiger partial charge in [0.15, 0.2) is 0 Å². The minimum absolute atomic E-state index is 0.266. The maximum Gasteiger partial charge on any atom is 0.303 e. The molecule has 4 fully saturated rings. The third-order valence-electron chi connectivity index (χ3n) is 13.5. The van der Waals surface area contributed by atoms with E-state index < -0.39 is 11.6 Å². The van der Waals surface area contributed by atoms with Gasteiger partial charge in [0.25, 0.3) is 0 Å². The Bertz CT molecular complexity index is 1260. The molecule has 0 aromatic heterocycles. The number of fused-ring (bicyclic) bond motifs is 5. The lowest BCUT2D eigenvalue weighted by molar-refractivity contribution is -0.175. The van der Waals surface area contributed by atoms with Crippen LogP contribution in [0.4, 0.5) is 0 Å². The van der Waals surface area contributed by atoms with E-state index >= 15 is 0 Å². The Labute approximate surface area is 253 Å². The quantitative estimate of drug-likeness (QED) is 0.351. The average molecular weight is 572 g/mol. The van der Waals surface area contributed by atoms with Gasteiger partial charge in [-0.3, -0.25) is 4.79 Å². The van der Waals surface area contributed by atoms with Crippen LogP contribution >= 0.6 is 0 Å². The van der Waals surface area contributed by atoms with Crippen molar-refractivity contribution in [1.82, 2.24) is 4.90 Å². The van der Waals surface area contributed by atoms with Crippen molar-refractivity contribution in [3.05, 3.63) is 60.2 Å². The van der Waals surface area contributed by atoms with E-state index in [2.05, 4.69) is 94.4 Å². The molecular weight excluding hydrogens is 518 g/mol. The third-order valence-corrected chi connectivity index (χ3v) is 13.5. The smallest absolute Gasteiger partial charge is 0.303 e. The van der Waals surface area contributed by atoms with Crippen LogP contribution in [-0.2, 0) is 10.4 Å². The van der Waals surface area contributed by atoms with E-state index in [1.54, 1.807) is 0 Å². The second kappa shape index (κ2) is 11.1. The summed E-state index contributed by atoms with van der Waals surface area (Å²) in [6.07, 6.45) is 10.2. The van der Waals surface area contributed by atoms with E-state index in [1.807, 2.05) is 0 Å². The molecule has 10 atom stereocenters. The van der Waals surface area contributed by atoms with Gasteiger partial charge in [-0.1, -0.05) is 75.4 Å². The van der Waals surface area contributed by atoms with E-state index in [9.17, 15) is 15.0 Å². The number of benzene rings is 2. The summed E-state index contributed by atoms with van der Waals surface area (Å²) in [7, 11) is 4.57. The highest BCUT2D eigenvalue weighted by Gasteiger charge is 2.64. The van der Waals surface area contributed by atoms with Crippen LogP contribution in [0.2, 0.25) is 0 Å². The summed E-state index contributed by atoms with van der Waals surface area (Å²) >= 11 is 0. The summed E-state index contributed by atoms with van der Waals surface area (Å²) in [6.45, 7) is 7.48. The Morgan fingerprint density at radius 3 is 2.24 bits per heavy atom. The molecular formula is C38H53NO3. The second-order valence-electron chi connectivity index (χ2n) is 15.6. The molecule has 4 aliphatic rings. The largest absolute Gasteiger partial charge is 0.481 e. The standard InChI is InChI=1S/C38H53NO3/c1-25(11-18-34(40)41)30-16-17-31-35-32(19-20-37(30,31)3)36(2)21-22-38(42,24-29(36)23-33(35)39(4)5)28-14-12-27(13-15-28)26-9-7-6-8-10-26/h6-10,12-15,25,29-33,35,42H,11,16-24H2,1-5H3,(H,40,41)/t25-,29-,30-,31+,32+,33-,35+,36+,37-,38+/m1/s1. The van der Waals surface area contributed by atoms with E-state index in [0.717, 1.165) is 31.2 Å². The van der Waals surface area contributed by atoms with Crippen LogP contribution in [0, 0.1) is 46.3 Å². The van der Waals surface area contributed by atoms with Crippen LogP contribution in [0.3, 0.4) is 0 Å². The van der Waals surface area contributed by atoms with Gasteiger partial charge in [0, 0.05) is 12.5 Å². The first-order valence-corrected chi connectivity index (χ1v) is 16.7. The van der Waals surface area contributed by atoms with E-state index in [0.29, 0.717) is 53.4 Å². The van der Waals surface area contributed by atoms with Crippen molar-refractivity contribution in [2.45, 2.75) is 96.6 Å². The highest BCUT2D eigenvalue weighted by atomic mass is 16.4. The number of carboxylic acid groups (broad SMARTS) is 1. The highest BCUT2D eigenvalue weighted by Crippen LogP contribution is 2.69. The molecule has 0 amide bonds. The zero-order chi connectivity index (χ0) is 29.9. The van der Waals surface area contributed by atoms with Crippen LogP contribution in [0.15, 0.2) is 54.6 Å². The predicted molar refractivity (Wildman–Crippen MR) is 170 cm³/mol. The highest BCUT2D eigenvalue weighted by molar-refractivity contribution is 5.66. The zero-order valence-corrected chi connectivity index (χ0v) is 26.6. The van der Waals surface area contributed by atoms with Crippen molar-refractivity contribution in [2.24, 2.45) is 46.3 Å². The van der Waals surface area contributed by atoms with Gasteiger partial charge in [0.1, 0.15) is 0 Å². The molecule has 4 heteroatoms. The molecule has 2 N–H and O–H groups in total. The maximum atomic E-state index is 12.2. The lowest BCUT2D eigenvalue weighted by Gasteiger charge is -2.65. The average Bonchev–Trinajstić information content (AvgIpc) is 3.33. The minimum atomic E-state index is -0.760. The van der Waals surface area contributed by atoms with Crippen LogP contribution in [0.5, 0.6) is 0 Å². The number of aliphatic hydroxyl groups is 1. The number of hydrogen-bond acceptors (Lipinski definition) is 3. The number of aliphatic carboxylic acids is 1. The van der Waals surface area contributed by atoms with Crippen molar-refractivity contribution in [3.63, 3.8) is 0 Å². The summed E-state index contributed by atoms with van der Waals surface area (Å²) < 4.78 is 0. The summed E-state index contributed by atoms with van der Waals surface area (Å²) in [5.41, 5.74) is 3.32. The van der Waals surface area contributed by atoms with Crippen LogP contribution in [0.25, 0.3) is 11.1 Å². The summed E-state index contributed by atoms with van der Waals surface area (Å²) in [4.78, 5) is 13.9. The van der Waals surface area contributed by atoms with Crippen molar-refractivity contribution in [3.8, 4) is 11.1 Å². The molecule has 0 unspecified atom stereocenters. The maximum absolute atomic E-state index is 12.2. The molecule has 2 aromatic carbocycles. The Balaban J connectivity index is 1.24. The Morgan fingerprint density at radius 2 is 1.57 bits per heavy atom.